The second kappa shape index (κ2) is 6.33. The van der Waals surface area contributed by atoms with Gasteiger partial charge in [-0.1, -0.05) is 68.5 Å². The van der Waals surface area contributed by atoms with E-state index in [1.807, 2.05) is 43.3 Å². The molecule has 0 saturated carbocycles. The molecular weight excluding hydrogens is 242 g/mol. The summed E-state index contributed by atoms with van der Waals surface area (Å²) in [6.45, 7) is 6.35. The molecule has 0 aromatic heterocycles. The second-order valence-electron chi connectivity index (χ2n) is 5.24. The van der Waals surface area contributed by atoms with Gasteiger partial charge in [-0.15, -0.1) is 0 Å². The lowest BCUT2D eigenvalue weighted by Gasteiger charge is -2.11. The molecule has 0 radical (unpaired) electrons. The lowest BCUT2D eigenvalue weighted by molar-refractivity contribution is 0.866. The first-order chi connectivity index (χ1) is 9.63. The molecule has 2 rings (SSSR count). The van der Waals surface area contributed by atoms with Crippen molar-refractivity contribution in [1.82, 2.24) is 0 Å². The molecular formula is C19H21N. The van der Waals surface area contributed by atoms with Crippen LogP contribution in [0.25, 0.3) is 6.08 Å². The summed E-state index contributed by atoms with van der Waals surface area (Å²) in [4.78, 5) is 0. The highest BCUT2D eigenvalue weighted by atomic mass is 14.4. The van der Waals surface area contributed by atoms with Crippen LogP contribution < -0.4 is 0 Å². The van der Waals surface area contributed by atoms with Gasteiger partial charge in [-0.2, -0.15) is 0 Å². The molecule has 0 heterocycles. The van der Waals surface area contributed by atoms with Gasteiger partial charge in [-0.05, 0) is 30.0 Å². The van der Waals surface area contributed by atoms with Crippen molar-refractivity contribution < 1.29 is 0 Å². The van der Waals surface area contributed by atoms with Crippen molar-refractivity contribution in [3.05, 3.63) is 76.9 Å². The largest absolute Gasteiger partial charge is 0.300 e. The molecule has 0 bridgehead atoms. The van der Waals surface area contributed by atoms with Crippen molar-refractivity contribution in [3.8, 4) is 0 Å². The number of rotatable bonds is 4. The van der Waals surface area contributed by atoms with Gasteiger partial charge < -0.3 is 0 Å². The average molecular weight is 263 g/mol. The van der Waals surface area contributed by atoms with Crippen LogP contribution in [-0.2, 0) is 0 Å². The Kier molecular flexibility index (Phi) is 4.52. The molecule has 2 aromatic rings. The van der Waals surface area contributed by atoms with E-state index in [1.165, 1.54) is 5.56 Å². The molecule has 0 aliphatic heterocycles. The number of nitrogens with one attached hydrogen (secondary N) is 1. The lowest BCUT2D eigenvalue weighted by atomic mass is 9.94. The number of hydrogen-bond acceptors (Lipinski definition) is 1. The fourth-order valence-corrected chi connectivity index (χ4v) is 2.26. The van der Waals surface area contributed by atoms with Crippen LogP contribution in [0.3, 0.4) is 0 Å². The Bertz CT molecular complexity index is 636. The summed E-state index contributed by atoms with van der Waals surface area (Å²) in [6.07, 6.45) is 4.06. The van der Waals surface area contributed by atoms with Crippen LogP contribution in [0.4, 0.5) is 0 Å². The first-order valence-electron chi connectivity index (χ1n) is 7.04. The van der Waals surface area contributed by atoms with Gasteiger partial charge >= 0.3 is 0 Å². The number of allylic oxidation sites excluding steroid dienone is 1. The van der Waals surface area contributed by atoms with Crippen LogP contribution >= 0.6 is 0 Å². The van der Waals surface area contributed by atoms with Crippen molar-refractivity contribution in [2.45, 2.75) is 26.7 Å². The van der Waals surface area contributed by atoms with Crippen molar-refractivity contribution in [3.63, 3.8) is 0 Å². The minimum absolute atomic E-state index is 0.480. The highest BCUT2D eigenvalue weighted by Gasteiger charge is 2.09. The molecule has 0 spiro atoms. The Morgan fingerprint density at radius 3 is 2.50 bits per heavy atom. The molecule has 0 fully saturated rings. The van der Waals surface area contributed by atoms with Crippen molar-refractivity contribution in [2.24, 2.45) is 0 Å². The highest BCUT2D eigenvalue weighted by molar-refractivity contribution is 6.12. The van der Waals surface area contributed by atoms with Gasteiger partial charge in [0.1, 0.15) is 0 Å². The van der Waals surface area contributed by atoms with Crippen molar-refractivity contribution in [2.75, 3.05) is 0 Å². The molecule has 20 heavy (non-hydrogen) atoms. The Morgan fingerprint density at radius 1 is 1.05 bits per heavy atom. The van der Waals surface area contributed by atoms with E-state index in [0.29, 0.717) is 11.6 Å². The first-order valence-corrected chi connectivity index (χ1v) is 7.04. The molecule has 0 unspecified atom stereocenters. The average Bonchev–Trinajstić information content (AvgIpc) is 2.47. The van der Waals surface area contributed by atoms with Gasteiger partial charge in [0.05, 0.1) is 5.71 Å². The van der Waals surface area contributed by atoms with Crippen LogP contribution in [-0.4, -0.2) is 5.71 Å². The van der Waals surface area contributed by atoms with E-state index in [-0.39, 0.29) is 0 Å². The standard InChI is InChI=1S/C19H21N/c1-4-8-15-9-5-6-12-18(15)19(20)17-11-7-10-16(13-17)14(2)3/h4-14,20H,1-3H3/b8-4+,20-19?. The van der Waals surface area contributed by atoms with Gasteiger partial charge in [-0.25, -0.2) is 0 Å². The van der Waals surface area contributed by atoms with E-state index >= 15 is 0 Å². The SMILES string of the molecule is C/C=C/c1ccccc1C(=N)c1cccc(C(C)C)c1. The Hall–Kier alpha value is -2.15. The minimum atomic E-state index is 0.480. The molecule has 0 atom stereocenters. The lowest BCUT2D eigenvalue weighted by Crippen LogP contribution is -2.04. The summed E-state index contributed by atoms with van der Waals surface area (Å²) in [5, 5.41) is 8.49. The summed E-state index contributed by atoms with van der Waals surface area (Å²) >= 11 is 0. The molecule has 0 saturated heterocycles. The smallest absolute Gasteiger partial charge is 0.0690 e. The predicted molar refractivity (Wildman–Crippen MR) is 87.6 cm³/mol. The first kappa shape index (κ1) is 14.3. The molecule has 2 aromatic carbocycles. The van der Waals surface area contributed by atoms with Crippen LogP contribution in [0.15, 0.2) is 54.6 Å². The highest BCUT2D eigenvalue weighted by Crippen LogP contribution is 2.20. The van der Waals surface area contributed by atoms with Gasteiger partial charge in [0.25, 0.3) is 0 Å². The fraction of sp³-hybridized carbons (Fsp3) is 0.211. The van der Waals surface area contributed by atoms with Crippen molar-refractivity contribution >= 4 is 11.8 Å². The van der Waals surface area contributed by atoms with Gasteiger partial charge in [-0.3, -0.25) is 5.41 Å². The van der Waals surface area contributed by atoms with Gasteiger partial charge in [0.15, 0.2) is 0 Å². The van der Waals surface area contributed by atoms with Gasteiger partial charge in [0, 0.05) is 11.1 Å². The van der Waals surface area contributed by atoms with E-state index in [9.17, 15) is 0 Å². The number of hydrogen-bond donors (Lipinski definition) is 1. The third-order valence-electron chi connectivity index (χ3n) is 3.42. The van der Waals surface area contributed by atoms with E-state index in [2.05, 4.69) is 38.1 Å². The zero-order valence-electron chi connectivity index (χ0n) is 12.4. The summed E-state index contributed by atoms with van der Waals surface area (Å²) in [7, 11) is 0. The Labute approximate surface area is 121 Å². The molecule has 1 heteroatoms. The topological polar surface area (TPSA) is 23.9 Å². The molecule has 0 aliphatic carbocycles. The second-order valence-corrected chi connectivity index (χ2v) is 5.24. The quantitative estimate of drug-likeness (QED) is 0.728. The Balaban J connectivity index is 2.44. The summed E-state index contributed by atoms with van der Waals surface area (Å²) < 4.78 is 0. The molecule has 1 nitrogen and oxygen atoms in total. The summed E-state index contributed by atoms with van der Waals surface area (Å²) in [5.74, 6) is 0.480. The number of benzene rings is 2. The van der Waals surface area contributed by atoms with Crippen LogP contribution in [0.5, 0.6) is 0 Å². The van der Waals surface area contributed by atoms with E-state index in [0.717, 1.165) is 16.7 Å². The van der Waals surface area contributed by atoms with E-state index < -0.39 is 0 Å². The molecule has 0 amide bonds. The minimum Gasteiger partial charge on any atom is -0.300 e. The zero-order valence-corrected chi connectivity index (χ0v) is 12.4. The van der Waals surface area contributed by atoms with E-state index in [4.69, 9.17) is 5.41 Å². The monoisotopic (exact) mass is 263 g/mol. The molecule has 102 valence electrons. The van der Waals surface area contributed by atoms with Crippen molar-refractivity contribution in [1.29, 1.82) is 5.41 Å². The maximum absolute atomic E-state index is 8.49. The normalized spacial score (nSPS) is 11.2. The molecule has 1 N–H and O–H groups in total. The predicted octanol–water partition coefficient (Wildman–Crippen LogP) is 5.26. The Morgan fingerprint density at radius 2 is 1.80 bits per heavy atom. The third kappa shape index (κ3) is 3.05. The van der Waals surface area contributed by atoms with Crippen LogP contribution in [0.1, 0.15) is 48.9 Å². The summed E-state index contributed by atoms with van der Waals surface area (Å²) in [5.41, 5.74) is 4.91. The van der Waals surface area contributed by atoms with Crippen LogP contribution in [0.2, 0.25) is 0 Å². The van der Waals surface area contributed by atoms with Gasteiger partial charge in [0.2, 0.25) is 0 Å². The van der Waals surface area contributed by atoms with Crippen LogP contribution in [0, 0.1) is 5.41 Å². The maximum Gasteiger partial charge on any atom is 0.0690 e. The summed E-state index contributed by atoms with van der Waals surface area (Å²) in [6, 6.07) is 16.4. The maximum atomic E-state index is 8.49. The third-order valence-corrected chi connectivity index (χ3v) is 3.42. The van der Waals surface area contributed by atoms with E-state index in [1.54, 1.807) is 0 Å². The molecule has 0 aliphatic rings. The zero-order chi connectivity index (χ0) is 14.5. The fourth-order valence-electron chi connectivity index (χ4n) is 2.26.